The van der Waals surface area contributed by atoms with E-state index in [1.807, 2.05) is 0 Å². The third kappa shape index (κ3) is 1.49. The zero-order chi connectivity index (χ0) is 7.68. The Morgan fingerprint density at radius 3 is 3.00 bits per heavy atom. The number of hydrogen-bond acceptors (Lipinski definition) is 5. The number of ether oxygens (including phenoxy) is 1. The molecule has 0 spiro atoms. The number of nitrogens with two attached hydrogens (primary N) is 1. The lowest BCUT2D eigenvalue weighted by molar-refractivity contribution is 0.100. The van der Waals surface area contributed by atoms with Crippen LogP contribution in [0.25, 0.3) is 0 Å². The highest BCUT2D eigenvalue weighted by Crippen LogP contribution is 2.24. The van der Waals surface area contributed by atoms with E-state index in [1.165, 1.54) is 17.9 Å². The summed E-state index contributed by atoms with van der Waals surface area (Å²) >= 11 is 1.28. The summed E-state index contributed by atoms with van der Waals surface area (Å²) in [7, 11) is 0. The van der Waals surface area contributed by atoms with E-state index in [9.17, 15) is 0 Å². The largest absolute Gasteiger partial charge is 0.466 e. The second-order valence-electron chi connectivity index (χ2n) is 2.68. The molecule has 1 fully saturated rings. The highest BCUT2D eigenvalue weighted by atomic mass is 32.1. The molecular formula is C6H9N3OS. The van der Waals surface area contributed by atoms with Crippen LogP contribution in [-0.2, 0) is 0 Å². The van der Waals surface area contributed by atoms with Gasteiger partial charge in [-0.15, -0.1) is 0 Å². The van der Waals surface area contributed by atoms with Crippen LogP contribution in [0, 0.1) is 0 Å². The first-order chi connectivity index (χ1) is 5.34. The minimum atomic E-state index is 0.276. The Morgan fingerprint density at radius 2 is 2.45 bits per heavy atom. The van der Waals surface area contributed by atoms with Gasteiger partial charge in [-0.2, -0.15) is 9.36 Å². The topological polar surface area (TPSA) is 61.0 Å². The molecule has 2 N–H and O–H groups in total. The fraction of sp³-hybridized carbons (Fsp3) is 0.667. The van der Waals surface area contributed by atoms with Gasteiger partial charge >= 0.3 is 0 Å². The van der Waals surface area contributed by atoms with Gasteiger partial charge in [-0.25, -0.2) is 0 Å². The summed E-state index contributed by atoms with van der Waals surface area (Å²) in [6.07, 6.45) is 3.66. The molecule has 0 bridgehead atoms. The van der Waals surface area contributed by atoms with Crippen LogP contribution in [-0.4, -0.2) is 21.5 Å². The van der Waals surface area contributed by atoms with E-state index in [1.54, 1.807) is 0 Å². The standard InChI is InChI=1S/C6H9N3OS/c7-4-1-5(2-4)10-6-8-3-9-11-6/h3-5H,1-2,7H2. The summed E-state index contributed by atoms with van der Waals surface area (Å²) < 4.78 is 9.25. The number of rotatable bonds is 2. The zero-order valence-corrected chi connectivity index (χ0v) is 6.75. The first-order valence-corrected chi connectivity index (χ1v) is 4.31. The fourth-order valence-electron chi connectivity index (χ4n) is 1.06. The second-order valence-corrected chi connectivity index (χ2v) is 3.42. The van der Waals surface area contributed by atoms with Crippen molar-refractivity contribution in [2.24, 2.45) is 5.73 Å². The van der Waals surface area contributed by atoms with Crippen LogP contribution in [0.15, 0.2) is 6.33 Å². The van der Waals surface area contributed by atoms with Gasteiger partial charge in [-0.05, 0) is 12.8 Å². The lowest BCUT2D eigenvalue weighted by Crippen LogP contribution is -2.43. The van der Waals surface area contributed by atoms with Crippen molar-refractivity contribution in [3.63, 3.8) is 0 Å². The van der Waals surface area contributed by atoms with E-state index in [-0.39, 0.29) is 6.10 Å². The molecule has 0 aliphatic heterocycles. The number of hydrogen-bond donors (Lipinski definition) is 1. The van der Waals surface area contributed by atoms with E-state index >= 15 is 0 Å². The van der Waals surface area contributed by atoms with E-state index in [0.717, 1.165) is 12.8 Å². The Labute approximate surface area is 68.6 Å². The highest BCUT2D eigenvalue weighted by molar-refractivity contribution is 7.07. The average Bonchev–Trinajstić information content (AvgIpc) is 2.36. The smallest absolute Gasteiger partial charge is 0.293 e. The SMILES string of the molecule is NC1CC(Oc2ncns2)C1. The van der Waals surface area contributed by atoms with Gasteiger partial charge < -0.3 is 10.5 Å². The maximum Gasteiger partial charge on any atom is 0.293 e. The molecule has 1 aromatic rings. The van der Waals surface area contributed by atoms with Crippen LogP contribution in [0.3, 0.4) is 0 Å². The Balaban J connectivity index is 1.84. The van der Waals surface area contributed by atoms with Crippen molar-refractivity contribution in [2.45, 2.75) is 25.0 Å². The van der Waals surface area contributed by atoms with Gasteiger partial charge in [-0.1, -0.05) is 0 Å². The maximum absolute atomic E-state index is 5.59. The van der Waals surface area contributed by atoms with Gasteiger partial charge in [0.25, 0.3) is 5.19 Å². The van der Waals surface area contributed by atoms with Crippen molar-refractivity contribution < 1.29 is 4.74 Å². The fourth-order valence-corrected chi connectivity index (χ4v) is 1.52. The molecule has 60 valence electrons. The van der Waals surface area contributed by atoms with Crippen molar-refractivity contribution in [1.82, 2.24) is 9.36 Å². The number of nitrogens with zero attached hydrogens (tertiary/aromatic N) is 2. The molecule has 0 unspecified atom stereocenters. The van der Waals surface area contributed by atoms with Crippen LogP contribution >= 0.6 is 11.5 Å². The predicted molar refractivity (Wildman–Crippen MR) is 41.5 cm³/mol. The molecule has 0 atom stereocenters. The van der Waals surface area contributed by atoms with Crippen molar-refractivity contribution >= 4 is 11.5 Å². The van der Waals surface area contributed by atoms with Crippen LogP contribution in [0.4, 0.5) is 0 Å². The Morgan fingerprint density at radius 1 is 1.64 bits per heavy atom. The first-order valence-electron chi connectivity index (χ1n) is 3.53. The molecule has 1 aromatic heterocycles. The molecule has 0 amide bonds. The predicted octanol–water partition coefficient (Wildman–Crippen LogP) is 0.407. The lowest BCUT2D eigenvalue weighted by Gasteiger charge is -2.31. The quantitative estimate of drug-likeness (QED) is 0.700. The van der Waals surface area contributed by atoms with E-state index in [4.69, 9.17) is 10.5 Å². The molecular weight excluding hydrogens is 162 g/mol. The minimum Gasteiger partial charge on any atom is -0.466 e. The normalized spacial score (nSPS) is 29.5. The van der Waals surface area contributed by atoms with Gasteiger partial charge in [0.05, 0.1) is 0 Å². The summed E-state index contributed by atoms with van der Waals surface area (Å²) in [5, 5.41) is 0.655. The molecule has 0 saturated heterocycles. The van der Waals surface area contributed by atoms with Crippen LogP contribution < -0.4 is 10.5 Å². The van der Waals surface area contributed by atoms with Crippen LogP contribution in [0.5, 0.6) is 5.19 Å². The molecule has 1 heterocycles. The molecule has 1 aliphatic carbocycles. The third-order valence-electron chi connectivity index (χ3n) is 1.74. The van der Waals surface area contributed by atoms with Gasteiger partial charge in [0.15, 0.2) is 0 Å². The Bertz CT molecular complexity index is 220. The monoisotopic (exact) mass is 171 g/mol. The van der Waals surface area contributed by atoms with Crippen molar-refractivity contribution in [2.75, 3.05) is 0 Å². The molecule has 0 aromatic carbocycles. The maximum atomic E-state index is 5.59. The summed E-state index contributed by atoms with van der Waals surface area (Å²) in [6.45, 7) is 0. The van der Waals surface area contributed by atoms with Crippen LogP contribution in [0.2, 0.25) is 0 Å². The van der Waals surface area contributed by atoms with Crippen molar-refractivity contribution in [3.05, 3.63) is 6.33 Å². The summed E-state index contributed by atoms with van der Waals surface area (Å²) in [4.78, 5) is 3.91. The van der Waals surface area contributed by atoms with E-state index in [0.29, 0.717) is 11.2 Å². The van der Waals surface area contributed by atoms with Crippen LogP contribution in [0.1, 0.15) is 12.8 Å². The summed E-state index contributed by atoms with van der Waals surface area (Å²) in [6, 6.07) is 0.327. The highest BCUT2D eigenvalue weighted by Gasteiger charge is 2.28. The first kappa shape index (κ1) is 7.00. The minimum absolute atomic E-state index is 0.276. The van der Waals surface area contributed by atoms with E-state index in [2.05, 4.69) is 9.36 Å². The Kier molecular flexibility index (Phi) is 1.75. The molecule has 2 rings (SSSR count). The molecule has 11 heavy (non-hydrogen) atoms. The van der Waals surface area contributed by atoms with Crippen molar-refractivity contribution in [3.8, 4) is 5.19 Å². The van der Waals surface area contributed by atoms with Gasteiger partial charge in [0.1, 0.15) is 12.4 Å². The molecule has 0 radical (unpaired) electrons. The zero-order valence-electron chi connectivity index (χ0n) is 5.93. The van der Waals surface area contributed by atoms with Gasteiger partial charge in [-0.3, -0.25) is 0 Å². The van der Waals surface area contributed by atoms with Gasteiger partial charge in [0, 0.05) is 17.6 Å². The summed E-state index contributed by atoms with van der Waals surface area (Å²) in [5.74, 6) is 0. The molecule has 5 heteroatoms. The number of aromatic nitrogens is 2. The van der Waals surface area contributed by atoms with Crippen molar-refractivity contribution in [1.29, 1.82) is 0 Å². The lowest BCUT2D eigenvalue weighted by atomic mass is 9.90. The Hall–Kier alpha value is -0.680. The molecule has 1 aliphatic rings. The average molecular weight is 171 g/mol. The third-order valence-corrected chi connectivity index (χ3v) is 2.30. The summed E-state index contributed by atoms with van der Waals surface area (Å²) in [5.41, 5.74) is 5.59. The van der Waals surface area contributed by atoms with E-state index < -0.39 is 0 Å². The molecule has 4 nitrogen and oxygen atoms in total. The van der Waals surface area contributed by atoms with Gasteiger partial charge in [0.2, 0.25) is 0 Å². The second kappa shape index (κ2) is 2.75. The molecule has 1 saturated carbocycles.